The highest BCUT2D eigenvalue weighted by Gasteiger charge is 2.25. The molecule has 0 amide bonds. The van der Waals surface area contributed by atoms with Gasteiger partial charge in [-0.3, -0.25) is 9.78 Å². The van der Waals surface area contributed by atoms with Crippen molar-refractivity contribution in [3.05, 3.63) is 17.6 Å². The normalized spacial score (nSPS) is 23.1. The zero-order valence-corrected chi connectivity index (χ0v) is 11.5. The summed E-state index contributed by atoms with van der Waals surface area (Å²) in [5.74, 6) is 0.598. The Morgan fingerprint density at radius 1 is 1.37 bits per heavy atom. The number of carboxylic acid groups (broad SMARTS) is 1. The van der Waals surface area contributed by atoms with Crippen LogP contribution in [0.1, 0.15) is 37.1 Å². The maximum absolute atomic E-state index is 10.9. The Kier molecular flexibility index (Phi) is 4.35. The number of hydrogen-bond donors (Lipinski definition) is 2. The van der Waals surface area contributed by atoms with E-state index in [0.29, 0.717) is 5.92 Å². The monoisotopic (exact) mass is 263 g/mol. The van der Waals surface area contributed by atoms with E-state index in [0.717, 1.165) is 49.4 Å². The third kappa shape index (κ3) is 3.66. The standard InChI is InChI=1S/C14H21N3O2/c1-9-7-15-10(2)13(17-9)16-8-11-3-5-12(6-4-11)14(18)19/h7,11-12H,3-6,8H2,1-2H3,(H,16,17)(H,18,19). The molecule has 1 aliphatic rings. The van der Waals surface area contributed by atoms with Crippen molar-refractivity contribution in [2.75, 3.05) is 11.9 Å². The molecule has 1 fully saturated rings. The minimum Gasteiger partial charge on any atom is -0.481 e. The van der Waals surface area contributed by atoms with Gasteiger partial charge in [-0.25, -0.2) is 4.98 Å². The SMILES string of the molecule is Cc1cnc(C)c(NCC2CCC(C(=O)O)CC2)n1. The first-order chi connectivity index (χ1) is 9.06. The van der Waals surface area contributed by atoms with Crippen LogP contribution < -0.4 is 5.32 Å². The third-order valence-corrected chi connectivity index (χ3v) is 3.83. The number of carbonyl (C=O) groups is 1. The maximum Gasteiger partial charge on any atom is 0.306 e. The second kappa shape index (κ2) is 5.99. The van der Waals surface area contributed by atoms with Gasteiger partial charge in [0.15, 0.2) is 0 Å². The molecule has 19 heavy (non-hydrogen) atoms. The zero-order valence-electron chi connectivity index (χ0n) is 11.5. The van der Waals surface area contributed by atoms with Crippen molar-refractivity contribution in [2.45, 2.75) is 39.5 Å². The lowest BCUT2D eigenvalue weighted by molar-refractivity contribution is -0.143. The highest BCUT2D eigenvalue weighted by molar-refractivity contribution is 5.70. The van der Waals surface area contributed by atoms with E-state index in [1.54, 1.807) is 6.20 Å². The molecule has 0 bridgehead atoms. The predicted octanol–water partition coefficient (Wildman–Crippen LogP) is 2.40. The van der Waals surface area contributed by atoms with Crippen LogP contribution in [0.25, 0.3) is 0 Å². The summed E-state index contributed by atoms with van der Waals surface area (Å²) < 4.78 is 0. The molecule has 5 heteroatoms. The number of hydrogen-bond acceptors (Lipinski definition) is 4. The van der Waals surface area contributed by atoms with E-state index in [9.17, 15) is 4.79 Å². The molecule has 1 aromatic rings. The Balaban J connectivity index is 1.83. The van der Waals surface area contributed by atoms with Crippen LogP contribution in [0.3, 0.4) is 0 Å². The van der Waals surface area contributed by atoms with Crippen molar-refractivity contribution >= 4 is 11.8 Å². The van der Waals surface area contributed by atoms with Crippen LogP contribution in [0.2, 0.25) is 0 Å². The van der Waals surface area contributed by atoms with Gasteiger partial charge in [-0.05, 0) is 45.4 Å². The molecule has 0 aliphatic heterocycles. The molecule has 1 aliphatic carbocycles. The fraction of sp³-hybridized carbons (Fsp3) is 0.643. The van der Waals surface area contributed by atoms with E-state index < -0.39 is 5.97 Å². The molecular formula is C14H21N3O2. The van der Waals surface area contributed by atoms with E-state index in [2.05, 4.69) is 15.3 Å². The lowest BCUT2D eigenvalue weighted by atomic mass is 9.82. The summed E-state index contributed by atoms with van der Waals surface area (Å²) in [4.78, 5) is 19.6. The molecule has 0 unspecified atom stereocenters. The fourth-order valence-corrected chi connectivity index (χ4v) is 2.56. The average Bonchev–Trinajstić information content (AvgIpc) is 2.40. The van der Waals surface area contributed by atoms with E-state index >= 15 is 0 Å². The number of carboxylic acids is 1. The lowest BCUT2D eigenvalue weighted by Gasteiger charge is -2.26. The van der Waals surface area contributed by atoms with Gasteiger partial charge in [0.1, 0.15) is 5.82 Å². The minimum atomic E-state index is -0.646. The Bertz CT molecular complexity index is 454. The van der Waals surface area contributed by atoms with Gasteiger partial charge < -0.3 is 10.4 Å². The summed E-state index contributed by atoms with van der Waals surface area (Å²) in [6.45, 7) is 4.72. The summed E-state index contributed by atoms with van der Waals surface area (Å²) in [6.07, 6.45) is 5.30. The van der Waals surface area contributed by atoms with Gasteiger partial charge in [0, 0.05) is 12.7 Å². The van der Waals surface area contributed by atoms with Crippen molar-refractivity contribution in [3.63, 3.8) is 0 Å². The van der Waals surface area contributed by atoms with Crippen LogP contribution in [0.5, 0.6) is 0 Å². The quantitative estimate of drug-likeness (QED) is 0.872. The topological polar surface area (TPSA) is 75.1 Å². The molecule has 0 aromatic carbocycles. The van der Waals surface area contributed by atoms with Crippen molar-refractivity contribution in [1.29, 1.82) is 0 Å². The van der Waals surface area contributed by atoms with Gasteiger partial charge in [-0.1, -0.05) is 0 Å². The first kappa shape index (κ1) is 13.8. The minimum absolute atomic E-state index is 0.142. The molecule has 1 aromatic heterocycles. The number of anilines is 1. The smallest absolute Gasteiger partial charge is 0.306 e. The number of nitrogens with one attached hydrogen (secondary N) is 1. The second-order valence-corrected chi connectivity index (χ2v) is 5.38. The fourth-order valence-electron chi connectivity index (χ4n) is 2.56. The van der Waals surface area contributed by atoms with E-state index in [1.165, 1.54) is 0 Å². The molecule has 0 radical (unpaired) electrons. The van der Waals surface area contributed by atoms with Crippen LogP contribution in [-0.2, 0) is 4.79 Å². The highest BCUT2D eigenvalue weighted by Crippen LogP contribution is 2.29. The van der Waals surface area contributed by atoms with E-state index in [4.69, 9.17) is 5.11 Å². The van der Waals surface area contributed by atoms with Crippen LogP contribution in [0.15, 0.2) is 6.20 Å². The molecule has 2 N–H and O–H groups in total. The Morgan fingerprint density at radius 2 is 2.05 bits per heavy atom. The summed E-state index contributed by atoms with van der Waals surface area (Å²) in [5, 5.41) is 12.3. The first-order valence-electron chi connectivity index (χ1n) is 6.83. The number of rotatable bonds is 4. The van der Waals surface area contributed by atoms with Gasteiger partial charge in [0.05, 0.1) is 17.3 Å². The van der Waals surface area contributed by atoms with Crippen LogP contribution >= 0.6 is 0 Å². The van der Waals surface area contributed by atoms with Crippen molar-refractivity contribution in [3.8, 4) is 0 Å². The molecule has 5 nitrogen and oxygen atoms in total. The largest absolute Gasteiger partial charge is 0.481 e. The summed E-state index contributed by atoms with van der Waals surface area (Å²) in [5.41, 5.74) is 1.81. The predicted molar refractivity (Wildman–Crippen MR) is 73.1 cm³/mol. The molecular weight excluding hydrogens is 242 g/mol. The van der Waals surface area contributed by atoms with Gasteiger partial charge in [0.25, 0.3) is 0 Å². The summed E-state index contributed by atoms with van der Waals surface area (Å²) in [6, 6.07) is 0. The van der Waals surface area contributed by atoms with Crippen molar-refractivity contribution < 1.29 is 9.90 Å². The van der Waals surface area contributed by atoms with Crippen molar-refractivity contribution in [1.82, 2.24) is 9.97 Å². The number of nitrogens with zero attached hydrogens (tertiary/aromatic N) is 2. The van der Waals surface area contributed by atoms with Gasteiger partial charge in [0.2, 0.25) is 0 Å². The molecule has 1 heterocycles. The third-order valence-electron chi connectivity index (χ3n) is 3.83. The number of aryl methyl sites for hydroxylation is 2. The van der Waals surface area contributed by atoms with Gasteiger partial charge >= 0.3 is 5.97 Å². The average molecular weight is 263 g/mol. The van der Waals surface area contributed by atoms with Crippen LogP contribution in [0, 0.1) is 25.7 Å². The number of aliphatic carboxylic acids is 1. The van der Waals surface area contributed by atoms with Gasteiger partial charge in [-0.2, -0.15) is 0 Å². The molecule has 0 spiro atoms. The molecule has 2 rings (SSSR count). The van der Waals surface area contributed by atoms with Crippen LogP contribution in [0.4, 0.5) is 5.82 Å². The molecule has 104 valence electrons. The van der Waals surface area contributed by atoms with E-state index in [1.807, 2.05) is 13.8 Å². The maximum atomic E-state index is 10.9. The molecule has 1 saturated carbocycles. The van der Waals surface area contributed by atoms with Crippen LogP contribution in [-0.4, -0.2) is 27.6 Å². The number of aromatic nitrogens is 2. The summed E-state index contributed by atoms with van der Waals surface area (Å²) >= 11 is 0. The Morgan fingerprint density at radius 3 is 2.68 bits per heavy atom. The molecule has 0 atom stereocenters. The molecule has 0 saturated heterocycles. The highest BCUT2D eigenvalue weighted by atomic mass is 16.4. The Hall–Kier alpha value is -1.65. The Labute approximate surface area is 113 Å². The second-order valence-electron chi connectivity index (χ2n) is 5.38. The van der Waals surface area contributed by atoms with Gasteiger partial charge in [-0.15, -0.1) is 0 Å². The first-order valence-corrected chi connectivity index (χ1v) is 6.83. The zero-order chi connectivity index (χ0) is 13.8. The van der Waals surface area contributed by atoms with Crippen molar-refractivity contribution in [2.24, 2.45) is 11.8 Å². The van der Waals surface area contributed by atoms with E-state index in [-0.39, 0.29) is 5.92 Å². The lowest BCUT2D eigenvalue weighted by Crippen LogP contribution is -2.25. The summed E-state index contributed by atoms with van der Waals surface area (Å²) in [7, 11) is 0.